The van der Waals surface area contributed by atoms with Gasteiger partial charge in [-0.15, -0.1) is 0 Å². The SMILES string of the molecule is N#Cc1ccc(C=Cc2ccc(N)cc2)cc1. The van der Waals surface area contributed by atoms with Gasteiger partial charge in [0.05, 0.1) is 11.6 Å². The van der Waals surface area contributed by atoms with Crippen LogP contribution in [-0.4, -0.2) is 0 Å². The molecule has 0 saturated heterocycles. The van der Waals surface area contributed by atoms with E-state index >= 15 is 0 Å². The van der Waals surface area contributed by atoms with E-state index < -0.39 is 0 Å². The summed E-state index contributed by atoms with van der Waals surface area (Å²) in [5.41, 5.74) is 9.22. The second-order valence-corrected chi connectivity index (χ2v) is 3.73. The van der Waals surface area contributed by atoms with Gasteiger partial charge in [0.2, 0.25) is 0 Å². The Morgan fingerprint density at radius 2 is 1.29 bits per heavy atom. The third kappa shape index (κ3) is 2.96. The summed E-state index contributed by atoms with van der Waals surface area (Å²) in [6, 6.07) is 17.2. The normalized spacial score (nSPS) is 10.3. The summed E-state index contributed by atoms with van der Waals surface area (Å²) in [7, 11) is 0. The minimum absolute atomic E-state index is 0.676. The maximum absolute atomic E-state index is 8.68. The largest absolute Gasteiger partial charge is 0.399 e. The zero-order chi connectivity index (χ0) is 12.1. The summed E-state index contributed by atoms with van der Waals surface area (Å²) in [6.07, 6.45) is 4.02. The smallest absolute Gasteiger partial charge is 0.0991 e. The lowest BCUT2D eigenvalue weighted by atomic mass is 10.1. The van der Waals surface area contributed by atoms with E-state index in [-0.39, 0.29) is 0 Å². The number of nitrogens with zero attached hydrogens (tertiary/aromatic N) is 1. The second kappa shape index (κ2) is 5.00. The van der Waals surface area contributed by atoms with Crippen LogP contribution in [-0.2, 0) is 0 Å². The van der Waals surface area contributed by atoms with Crippen LogP contribution in [0.3, 0.4) is 0 Å². The van der Waals surface area contributed by atoms with Crippen molar-refractivity contribution in [3.8, 4) is 6.07 Å². The molecule has 0 aliphatic heterocycles. The standard InChI is InChI=1S/C15H12N2/c16-11-14-5-3-12(4-6-14)1-2-13-7-9-15(17)10-8-13/h1-10H,17H2. The number of nitriles is 1. The molecule has 0 spiro atoms. The summed E-state index contributed by atoms with van der Waals surface area (Å²) >= 11 is 0. The molecule has 2 heteroatoms. The molecule has 0 saturated carbocycles. The van der Waals surface area contributed by atoms with Gasteiger partial charge in [-0.3, -0.25) is 0 Å². The van der Waals surface area contributed by atoms with Crippen LogP contribution in [0.1, 0.15) is 16.7 Å². The first-order valence-electron chi connectivity index (χ1n) is 5.32. The Labute approximate surface area is 101 Å². The van der Waals surface area contributed by atoms with Gasteiger partial charge in [0.15, 0.2) is 0 Å². The lowest BCUT2D eigenvalue weighted by Crippen LogP contribution is -1.82. The monoisotopic (exact) mass is 220 g/mol. The number of benzene rings is 2. The molecule has 2 nitrogen and oxygen atoms in total. The Morgan fingerprint density at radius 1 is 0.824 bits per heavy atom. The van der Waals surface area contributed by atoms with Crippen molar-refractivity contribution in [2.24, 2.45) is 0 Å². The molecule has 0 unspecified atom stereocenters. The third-order valence-corrected chi connectivity index (χ3v) is 2.44. The van der Waals surface area contributed by atoms with Crippen molar-refractivity contribution >= 4 is 17.8 Å². The van der Waals surface area contributed by atoms with Gasteiger partial charge in [-0.2, -0.15) is 5.26 Å². The van der Waals surface area contributed by atoms with Crippen LogP contribution < -0.4 is 5.73 Å². The first kappa shape index (κ1) is 11.0. The van der Waals surface area contributed by atoms with Crippen molar-refractivity contribution in [3.63, 3.8) is 0 Å². The number of hydrogen-bond donors (Lipinski definition) is 1. The van der Waals surface area contributed by atoms with E-state index in [1.165, 1.54) is 0 Å². The number of nitrogen functional groups attached to an aromatic ring is 1. The van der Waals surface area contributed by atoms with Gasteiger partial charge >= 0.3 is 0 Å². The molecule has 17 heavy (non-hydrogen) atoms. The van der Waals surface area contributed by atoms with E-state index in [2.05, 4.69) is 6.07 Å². The summed E-state index contributed by atoms with van der Waals surface area (Å²) in [5.74, 6) is 0. The predicted octanol–water partition coefficient (Wildman–Crippen LogP) is 3.31. The van der Waals surface area contributed by atoms with Crippen LogP contribution in [0.2, 0.25) is 0 Å². The van der Waals surface area contributed by atoms with Crippen LogP contribution in [0, 0.1) is 11.3 Å². The Kier molecular flexibility index (Phi) is 3.23. The number of rotatable bonds is 2. The molecule has 2 rings (SSSR count). The van der Waals surface area contributed by atoms with Crippen molar-refractivity contribution in [3.05, 3.63) is 65.2 Å². The van der Waals surface area contributed by atoms with Gasteiger partial charge in [-0.05, 0) is 35.4 Å². The molecule has 0 bridgehead atoms. The molecule has 0 heterocycles. The number of hydrogen-bond acceptors (Lipinski definition) is 2. The van der Waals surface area contributed by atoms with E-state index in [1.54, 1.807) is 0 Å². The van der Waals surface area contributed by atoms with Crippen molar-refractivity contribution in [2.45, 2.75) is 0 Å². The first-order valence-corrected chi connectivity index (χ1v) is 5.32. The van der Waals surface area contributed by atoms with Crippen LogP contribution in [0.4, 0.5) is 5.69 Å². The van der Waals surface area contributed by atoms with Gasteiger partial charge in [-0.25, -0.2) is 0 Å². The molecule has 0 amide bonds. The summed E-state index contributed by atoms with van der Waals surface area (Å²) in [4.78, 5) is 0. The summed E-state index contributed by atoms with van der Waals surface area (Å²) in [6.45, 7) is 0. The molecular formula is C15H12N2. The summed E-state index contributed by atoms with van der Waals surface area (Å²) in [5, 5.41) is 8.68. The van der Waals surface area contributed by atoms with E-state index in [4.69, 9.17) is 11.0 Å². The lowest BCUT2D eigenvalue weighted by Gasteiger charge is -1.96. The highest BCUT2D eigenvalue weighted by atomic mass is 14.5. The molecule has 0 aliphatic rings. The Bertz CT molecular complexity index is 557. The van der Waals surface area contributed by atoms with Crippen molar-refractivity contribution in [1.82, 2.24) is 0 Å². The number of nitrogens with two attached hydrogens (primary N) is 1. The second-order valence-electron chi connectivity index (χ2n) is 3.73. The van der Waals surface area contributed by atoms with Gasteiger partial charge in [0, 0.05) is 5.69 Å². The Balaban J connectivity index is 2.14. The van der Waals surface area contributed by atoms with Crippen molar-refractivity contribution < 1.29 is 0 Å². The highest BCUT2D eigenvalue weighted by molar-refractivity contribution is 5.70. The highest BCUT2D eigenvalue weighted by Crippen LogP contribution is 2.11. The van der Waals surface area contributed by atoms with Gasteiger partial charge in [-0.1, -0.05) is 36.4 Å². The molecule has 0 aromatic heterocycles. The molecule has 2 N–H and O–H groups in total. The third-order valence-electron chi connectivity index (χ3n) is 2.44. The molecular weight excluding hydrogens is 208 g/mol. The fourth-order valence-electron chi connectivity index (χ4n) is 1.47. The lowest BCUT2D eigenvalue weighted by molar-refractivity contribution is 1.48. The first-order chi connectivity index (χ1) is 8.28. The topological polar surface area (TPSA) is 49.8 Å². The summed E-state index contributed by atoms with van der Waals surface area (Å²) < 4.78 is 0. The van der Waals surface area contributed by atoms with Crippen LogP contribution in [0.25, 0.3) is 12.2 Å². The van der Waals surface area contributed by atoms with Crippen molar-refractivity contribution in [1.29, 1.82) is 5.26 Å². The Morgan fingerprint density at radius 3 is 1.76 bits per heavy atom. The average Bonchev–Trinajstić information content (AvgIpc) is 2.39. The molecule has 2 aromatic carbocycles. The fraction of sp³-hybridized carbons (Fsp3) is 0. The fourth-order valence-corrected chi connectivity index (χ4v) is 1.47. The van der Waals surface area contributed by atoms with Crippen LogP contribution in [0.5, 0.6) is 0 Å². The molecule has 0 radical (unpaired) electrons. The van der Waals surface area contributed by atoms with Gasteiger partial charge in [0.25, 0.3) is 0 Å². The predicted molar refractivity (Wildman–Crippen MR) is 70.9 cm³/mol. The zero-order valence-electron chi connectivity index (χ0n) is 9.30. The highest BCUT2D eigenvalue weighted by Gasteiger charge is 1.90. The quantitative estimate of drug-likeness (QED) is 0.623. The van der Waals surface area contributed by atoms with Crippen LogP contribution in [0.15, 0.2) is 48.5 Å². The average molecular weight is 220 g/mol. The van der Waals surface area contributed by atoms with E-state index in [9.17, 15) is 0 Å². The molecule has 82 valence electrons. The van der Waals surface area contributed by atoms with Crippen molar-refractivity contribution in [2.75, 3.05) is 5.73 Å². The van der Waals surface area contributed by atoms with Gasteiger partial charge < -0.3 is 5.73 Å². The molecule has 0 aliphatic carbocycles. The Hall–Kier alpha value is -2.53. The van der Waals surface area contributed by atoms with E-state index in [0.717, 1.165) is 16.8 Å². The number of anilines is 1. The minimum atomic E-state index is 0.676. The molecule has 2 aromatic rings. The molecule has 0 fully saturated rings. The van der Waals surface area contributed by atoms with Crippen LogP contribution >= 0.6 is 0 Å². The van der Waals surface area contributed by atoms with E-state index in [1.807, 2.05) is 60.7 Å². The maximum atomic E-state index is 8.68. The zero-order valence-corrected chi connectivity index (χ0v) is 9.30. The minimum Gasteiger partial charge on any atom is -0.399 e. The van der Waals surface area contributed by atoms with E-state index in [0.29, 0.717) is 5.56 Å². The van der Waals surface area contributed by atoms with Gasteiger partial charge in [0.1, 0.15) is 0 Å². The maximum Gasteiger partial charge on any atom is 0.0991 e. The molecule has 0 atom stereocenters.